The first-order valence-corrected chi connectivity index (χ1v) is 7.31. The molecule has 2 rings (SSSR count). The number of halogens is 1. The predicted molar refractivity (Wildman–Crippen MR) is 63.3 cm³/mol. The van der Waals surface area contributed by atoms with E-state index in [2.05, 4.69) is 20.3 Å². The zero-order valence-corrected chi connectivity index (χ0v) is 10.2. The van der Waals surface area contributed by atoms with Crippen LogP contribution in [-0.2, 0) is 9.73 Å². The molecule has 1 fully saturated rings. The second-order valence-electron chi connectivity index (χ2n) is 3.46. The number of benzene rings is 1. The van der Waals surface area contributed by atoms with Crippen LogP contribution in [0.4, 0.5) is 5.69 Å². The highest BCUT2D eigenvalue weighted by molar-refractivity contribution is 9.10. The Balaban J connectivity index is 2.33. The molecule has 0 N–H and O–H groups in total. The zero-order chi connectivity index (χ0) is 10.0. The van der Waals surface area contributed by atoms with Gasteiger partial charge in [-0.3, -0.25) is 0 Å². The van der Waals surface area contributed by atoms with Gasteiger partial charge in [0.05, 0.1) is 15.4 Å². The van der Waals surface area contributed by atoms with Crippen LogP contribution >= 0.6 is 15.9 Å². The molecule has 1 saturated heterocycles. The number of rotatable bonds is 1. The maximum absolute atomic E-state index is 12.1. The standard InChI is InChI=1S/C10H12BrNOS/c11-9-3-5-10(6-4-9)12-14(13)7-1-2-8-14/h3-6H,1-2,7-8H2. The molecule has 0 radical (unpaired) electrons. The summed E-state index contributed by atoms with van der Waals surface area (Å²) in [7, 11) is -1.91. The van der Waals surface area contributed by atoms with Gasteiger partial charge in [0.25, 0.3) is 0 Å². The average Bonchev–Trinajstić information content (AvgIpc) is 2.57. The summed E-state index contributed by atoms with van der Waals surface area (Å²) in [6.07, 6.45) is 2.11. The fraction of sp³-hybridized carbons (Fsp3) is 0.400. The molecule has 1 aromatic carbocycles. The van der Waals surface area contributed by atoms with E-state index in [0.717, 1.165) is 34.5 Å². The van der Waals surface area contributed by atoms with Crippen LogP contribution in [0.1, 0.15) is 12.8 Å². The molecule has 0 amide bonds. The minimum Gasteiger partial charge on any atom is -0.249 e. The van der Waals surface area contributed by atoms with Gasteiger partial charge in [0, 0.05) is 16.0 Å². The lowest BCUT2D eigenvalue weighted by atomic mass is 10.3. The summed E-state index contributed by atoms with van der Waals surface area (Å²) in [5.74, 6) is 1.53. The molecular weight excluding hydrogens is 262 g/mol. The van der Waals surface area contributed by atoms with Gasteiger partial charge in [-0.15, -0.1) is 0 Å². The normalized spacial score (nSPS) is 19.5. The highest BCUT2D eigenvalue weighted by Crippen LogP contribution is 2.22. The van der Waals surface area contributed by atoms with E-state index < -0.39 is 9.73 Å². The summed E-state index contributed by atoms with van der Waals surface area (Å²) in [5.41, 5.74) is 0.833. The maximum Gasteiger partial charge on any atom is 0.0731 e. The highest BCUT2D eigenvalue weighted by atomic mass is 79.9. The Hall–Kier alpha value is -0.350. The van der Waals surface area contributed by atoms with E-state index in [0.29, 0.717) is 0 Å². The van der Waals surface area contributed by atoms with Crippen LogP contribution in [0, 0.1) is 0 Å². The molecule has 14 heavy (non-hydrogen) atoms. The number of nitrogens with zero attached hydrogens (tertiary/aromatic N) is 1. The van der Waals surface area contributed by atoms with E-state index in [-0.39, 0.29) is 0 Å². The summed E-state index contributed by atoms with van der Waals surface area (Å²) in [4.78, 5) is 0. The van der Waals surface area contributed by atoms with Crippen LogP contribution < -0.4 is 0 Å². The quantitative estimate of drug-likeness (QED) is 0.772. The molecular formula is C10H12BrNOS. The summed E-state index contributed by atoms with van der Waals surface area (Å²) in [6, 6.07) is 7.65. The maximum atomic E-state index is 12.1. The Morgan fingerprint density at radius 1 is 1.14 bits per heavy atom. The molecule has 1 aromatic rings. The van der Waals surface area contributed by atoms with Crippen molar-refractivity contribution in [1.29, 1.82) is 0 Å². The van der Waals surface area contributed by atoms with Gasteiger partial charge < -0.3 is 0 Å². The van der Waals surface area contributed by atoms with E-state index in [9.17, 15) is 4.21 Å². The van der Waals surface area contributed by atoms with Gasteiger partial charge >= 0.3 is 0 Å². The molecule has 0 aromatic heterocycles. The van der Waals surface area contributed by atoms with Gasteiger partial charge in [-0.05, 0) is 37.1 Å². The Labute approximate surface area is 93.0 Å². The first-order chi connectivity index (χ1) is 6.68. The smallest absolute Gasteiger partial charge is 0.0731 e. The van der Waals surface area contributed by atoms with E-state index in [4.69, 9.17) is 0 Å². The average molecular weight is 274 g/mol. The third-order valence-corrected chi connectivity index (χ3v) is 5.20. The summed E-state index contributed by atoms with van der Waals surface area (Å²) in [6.45, 7) is 0. The molecule has 1 aliphatic rings. The summed E-state index contributed by atoms with van der Waals surface area (Å²) in [5, 5.41) is 0. The van der Waals surface area contributed by atoms with Crippen molar-refractivity contribution < 1.29 is 4.21 Å². The number of hydrogen-bond donors (Lipinski definition) is 0. The Kier molecular flexibility index (Phi) is 2.93. The van der Waals surface area contributed by atoms with Gasteiger partial charge in [0.1, 0.15) is 0 Å². The molecule has 0 bridgehead atoms. The van der Waals surface area contributed by atoms with E-state index in [1.165, 1.54) is 0 Å². The van der Waals surface area contributed by atoms with Crippen molar-refractivity contribution in [2.45, 2.75) is 12.8 Å². The molecule has 0 atom stereocenters. The van der Waals surface area contributed by atoms with Gasteiger partial charge in [-0.1, -0.05) is 15.9 Å². The van der Waals surface area contributed by atoms with Gasteiger partial charge in [0.2, 0.25) is 0 Å². The van der Waals surface area contributed by atoms with Crippen LogP contribution in [0.15, 0.2) is 33.1 Å². The van der Waals surface area contributed by atoms with E-state index in [1.54, 1.807) is 0 Å². The van der Waals surface area contributed by atoms with Crippen molar-refractivity contribution in [3.63, 3.8) is 0 Å². The van der Waals surface area contributed by atoms with E-state index in [1.807, 2.05) is 24.3 Å². The molecule has 76 valence electrons. The third-order valence-electron chi connectivity index (χ3n) is 2.27. The lowest BCUT2D eigenvalue weighted by molar-refractivity contribution is 0.681. The molecule has 2 nitrogen and oxygen atoms in total. The first kappa shape index (κ1) is 10.2. The molecule has 0 spiro atoms. The predicted octanol–water partition coefficient (Wildman–Crippen LogP) is 3.34. The van der Waals surface area contributed by atoms with Crippen molar-refractivity contribution in [3.8, 4) is 0 Å². The lowest BCUT2D eigenvalue weighted by Gasteiger charge is -2.00. The number of hydrogen-bond acceptors (Lipinski definition) is 2. The molecule has 1 heterocycles. The zero-order valence-electron chi connectivity index (χ0n) is 7.78. The second-order valence-corrected chi connectivity index (χ2v) is 6.92. The van der Waals surface area contributed by atoms with E-state index >= 15 is 0 Å². The largest absolute Gasteiger partial charge is 0.249 e. The topological polar surface area (TPSA) is 29.4 Å². The summed E-state index contributed by atoms with van der Waals surface area (Å²) >= 11 is 3.36. The molecule has 0 unspecified atom stereocenters. The van der Waals surface area contributed by atoms with Crippen LogP contribution in [0.25, 0.3) is 0 Å². The van der Waals surface area contributed by atoms with Gasteiger partial charge in [-0.2, -0.15) is 4.36 Å². The van der Waals surface area contributed by atoms with Crippen molar-refractivity contribution >= 4 is 31.3 Å². The van der Waals surface area contributed by atoms with Gasteiger partial charge in [0.15, 0.2) is 0 Å². The molecule has 4 heteroatoms. The third kappa shape index (κ3) is 2.36. The fourth-order valence-corrected chi connectivity index (χ4v) is 4.01. The minimum absolute atomic E-state index is 0.767. The van der Waals surface area contributed by atoms with Crippen molar-refractivity contribution in [1.82, 2.24) is 0 Å². The SMILES string of the molecule is O=S1(=Nc2ccc(Br)cc2)CCCC1. The highest BCUT2D eigenvalue weighted by Gasteiger charge is 2.15. The van der Waals surface area contributed by atoms with Crippen LogP contribution in [0.2, 0.25) is 0 Å². The Bertz CT molecular complexity index is 420. The van der Waals surface area contributed by atoms with Crippen LogP contribution in [-0.4, -0.2) is 15.7 Å². The van der Waals surface area contributed by atoms with Gasteiger partial charge in [-0.25, -0.2) is 4.21 Å². The summed E-state index contributed by atoms with van der Waals surface area (Å²) < 4.78 is 17.4. The fourth-order valence-electron chi connectivity index (χ4n) is 1.54. The van der Waals surface area contributed by atoms with Crippen molar-refractivity contribution in [2.24, 2.45) is 4.36 Å². The first-order valence-electron chi connectivity index (χ1n) is 4.66. The monoisotopic (exact) mass is 273 g/mol. The molecule has 1 aliphatic heterocycles. The second kappa shape index (κ2) is 4.03. The van der Waals surface area contributed by atoms with Crippen molar-refractivity contribution in [3.05, 3.63) is 28.7 Å². The molecule has 0 aliphatic carbocycles. The Morgan fingerprint density at radius 2 is 1.71 bits per heavy atom. The van der Waals surface area contributed by atoms with Crippen LogP contribution in [0.5, 0.6) is 0 Å². The Morgan fingerprint density at radius 3 is 2.29 bits per heavy atom. The molecule has 0 saturated carbocycles. The van der Waals surface area contributed by atoms with Crippen LogP contribution in [0.3, 0.4) is 0 Å². The van der Waals surface area contributed by atoms with Crippen molar-refractivity contribution in [2.75, 3.05) is 11.5 Å². The minimum atomic E-state index is -1.91. The lowest BCUT2D eigenvalue weighted by Crippen LogP contribution is -1.99.